The van der Waals surface area contributed by atoms with Crippen molar-refractivity contribution in [1.82, 2.24) is 25.2 Å². The highest BCUT2D eigenvalue weighted by molar-refractivity contribution is 4.97. The predicted octanol–water partition coefficient (Wildman–Crippen LogP) is 0.135. The van der Waals surface area contributed by atoms with Crippen LogP contribution in [-0.4, -0.2) is 26.5 Å². The van der Waals surface area contributed by atoms with Crippen molar-refractivity contribution >= 4 is 0 Å². The Hall–Kier alpha value is -1.69. The summed E-state index contributed by atoms with van der Waals surface area (Å²) in [4.78, 5) is 3.93. The molecule has 0 atom stereocenters. The van der Waals surface area contributed by atoms with Gasteiger partial charge in [-0.15, -0.1) is 0 Å². The number of aryl methyl sites for hydroxylation is 1. The first kappa shape index (κ1) is 9.85. The third kappa shape index (κ3) is 2.88. The first-order valence-corrected chi connectivity index (χ1v) is 4.79. The summed E-state index contributed by atoms with van der Waals surface area (Å²) >= 11 is 0. The van der Waals surface area contributed by atoms with E-state index in [-0.39, 0.29) is 0 Å². The first-order chi connectivity index (χ1) is 7.34. The SMILES string of the molecule is Cn1ccc(CNCCc2ncon2)n1. The van der Waals surface area contributed by atoms with E-state index in [1.807, 2.05) is 19.3 Å². The second-order valence-corrected chi connectivity index (χ2v) is 3.25. The van der Waals surface area contributed by atoms with Gasteiger partial charge < -0.3 is 9.84 Å². The molecule has 15 heavy (non-hydrogen) atoms. The lowest BCUT2D eigenvalue weighted by atomic mass is 10.4. The maximum Gasteiger partial charge on any atom is 0.213 e. The van der Waals surface area contributed by atoms with E-state index in [1.54, 1.807) is 4.68 Å². The van der Waals surface area contributed by atoms with Crippen LogP contribution < -0.4 is 5.32 Å². The Balaban J connectivity index is 1.67. The van der Waals surface area contributed by atoms with E-state index in [0.717, 1.165) is 31.0 Å². The Kier molecular flexibility index (Phi) is 3.08. The maximum absolute atomic E-state index is 4.63. The highest BCUT2D eigenvalue weighted by Gasteiger charge is 1.99. The van der Waals surface area contributed by atoms with Gasteiger partial charge in [0, 0.05) is 32.8 Å². The van der Waals surface area contributed by atoms with E-state index >= 15 is 0 Å². The van der Waals surface area contributed by atoms with Crippen LogP contribution >= 0.6 is 0 Å². The topological polar surface area (TPSA) is 68.8 Å². The average Bonchev–Trinajstić information content (AvgIpc) is 2.84. The molecule has 0 aromatic carbocycles. The van der Waals surface area contributed by atoms with Crippen molar-refractivity contribution in [3.63, 3.8) is 0 Å². The fourth-order valence-corrected chi connectivity index (χ4v) is 1.28. The molecule has 0 aliphatic heterocycles. The molecule has 2 heterocycles. The van der Waals surface area contributed by atoms with Gasteiger partial charge in [-0.25, -0.2) is 0 Å². The van der Waals surface area contributed by atoms with Gasteiger partial charge in [0.1, 0.15) is 0 Å². The number of hydrogen-bond acceptors (Lipinski definition) is 5. The minimum atomic E-state index is 0.725. The molecule has 0 saturated heterocycles. The van der Waals surface area contributed by atoms with Gasteiger partial charge in [0.15, 0.2) is 5.82 Å². The zero-order valence-electron chi connectivity index (χ0n) is 8.55. The molecule has 0 aliphatic carbocycles. The standard InChI is InChI=1S/C9H13N5O/c1-14-5-3-8(12-14)6-10-4-2-9-11-7-15-13-9/h3,5,7,10H,2,4,6H2,1H3. The van der Waals surface area contributed by atoms with Gasteiger partial charge in [-0.1, -0.05) is 5.16 Å². The van der Waals surface area contributed by atoms with Crippen LogP contribution in [0.1, 0.15) is 11.5 Å². The smallest absolute Gasteiger partial charge is 0.213 e. The molecule has 80 valence electrons. The molecule has 2 aromatic rings. The third-order valence-corrected chi connectivity index (χ3v) is 2.01. The number of nitrogens with one attached hydrogen (secondary N) is 1. The largest absolute Gasteiger partial charge is 0.343 e. The summed E-state index contributed by atoms with van der Waals surface area (Å²) in [5, 5.41) is 11.2. The molecule has 6 nitrogen and oxygen atoms in total. The van der Waals surface area contributed by atoms with Gasteiger partial charge >= 0.3 is 0 Å². The fraction of sp³-hybridized carbons (Fsp3) is 0.444. The van der Waals surface area contributed by atoms with Crippen LogP contribution in [0.5, 0.6) is 0 Å². The van der Waals surface area contributed by atoms with Crippen molar-refractivity contribution < 1.29 is 4.52 Å². The molecule has 2 rings (SSSR count). The van der Waals surface area contributed by atoms with Gasteiger partial charge in [0.2, 0.25) is 6.39 Å². The number of aromatic nitrogens is 4. The van der Waals surface area contributed by atoms with Crippen LogP contribution in [0, 0.1) is 0 Å². The van der Waals surface area contributed by atoms with Crippen LogP contribution in [0.25, 0.3) is 0 Å². The molecule has 0 radical (unpaired) electrons. The predicted molar refractivity (Wildman–Crippen MR) is 52.9 cm³/mol. The minimum absolute atomic E-state index is 0.725. The molecule has 0 amide bonds. The molecule has 0 bridgehead atoms. The van der Waals surface area contributed by atoms with Crippen LogP contribution in [0.3, 0.4) is 0 Å². The fourth-order valence-electron chi connectivity index (χ4n) is 1.28. The normalized spacial score (nSPS) is 10.7. The van der Waals surface area contributed by atoms with Crippen LogP contribution in [-0.2, 0) is 20.0 Å². The summed E-state index contributed by atoms with van der Waals surface area (Å²) in [5.41, 5.74) is 1.03. The molecule has 0 aliphatic rings. The molecule has 1 N–H and O–H groups in total. The zero-order valence-corrected chi connectivity index (χ0v) is 8.55. The molecule has 6 heteroatoms. The summed E-state index contributed by atoms with van der Waals surface area (Å²) in [7, 11) is 1.91. The van der Waals surface area contributed by atoms with Crippen LogP contribution in [0.4, 0.5) is 0 Å². The lowest BCUT2D eigenvalue weighted by Gasteiger charge is -1.99. The van der Waals surface area contributed by atoms with Gasteiger partial charge in [0.25, 0.3) is 0 Å². The molecule has 0 saturated carbocycles. The summed E-state index contributed by atoms with van der Waals surface area (Å²) in [5.74, 6) is 0.725. The van der Waals surface area contributed by atoms with Gasteiger partial charge in [-0.2, -0.15) is 10.1 Å². The van der Waals surface area contributed by atoms with Gasteiger partial charge in [-0.3, -0.25) is 4.68 Å². The Bertz CT molecular complexity index is 394. The Morgan fingerprint density at radius 3 is 3.13 bits per heavy atom. The van der Waals surface area contributed by atoms with Crippen molar-refractivity contribution in [2.75, 3.05) is 6.54 Å². The van der Waals surface area contributed by atoms with E-state index < -0.39 is 0 Å². The molecular formula is C9H13N5O. The van der Waals surface area contributed by atoms with Crippen molar-refractivity contribution in [3.8, 4) is 0 Å². The maximum atomic E-state index is 4.63. The van der Waals surface area contributed by atoms with Crippen molar-refractivity contribution in [2.45, 2.75) is 13.0 Å². The van der Waals surface area contributed by atoms with Crippen LogP contribution in [0.2, 0.25) is 0 Å². The Morgan fingerprint density at radius 1 is 1.53 bits per heavy atom. The van der Waals surface area contributed by atoms with Crippen molar-refractivity contribution in [3.05, 3.63) is 30.2 Å². The number of nitrogens with zero attached hydrogens (tertiary/aromatic N) is 4. The zero-order chi connectivity index (χ0) is 10.5. The lowest BCUT2D eigenvalue weighted by Crippen LogP contribution is -2.17. The Labute approximate surface area is 87.3 Å². The monoisotopic (exact) mass is 207 g/mol. The number of rotatable bonds is 5. The Morgan fingerprint density at radius 2 is 2.47 bits per heavy atom. The van der Waals surface area contributed by atoms with Gasteiger partial charge in [0.05, 0.1) is 5.69 Å². The minimum Gasteiger partial charge on any atom is -0.343 e. The molecule has 0 spiro atoms. The van der Waals surface area contributed by atoms with E-state index in [1.165, 1.54) is 6.39 Å². The highest BCUT2D eigenvalue weighted by atomic mass is 16.5. The first-order valence-electron chi connectivity index (χ1n) is 4.79. The van der Waals surface area contributed by atoms with Gasteiger partial charge in [-0.05, 0) is 6.07 Å². The summed E-state index contributed by atoms with van der Waals surface area (Å²) in [6.45, 7) is 1.58. The summed E-state index contributed by atoms with van der Waals surface area (Å²) in [6.07, 6.45) is 4.04. The highest BCUT2D eigenvalue weighted by Crippen LogP contribution is 1.93. The number of hydrogen-bond donors (Lipinski definition) is 1. The molecule has 0 fully saturated rings. The van der Waals surface area contributed by atoms with E-state index in [0.29, 0.717) is 0 Å². The van der Waals surface area contributed by atoms with E-state index in [4.69, 9.17) is 0 Å². The molecule has 2 aromatic heterocycles. The second-order valence-electron chi connectivity index (χ2n) is 3.25. The van der Waals surface area contributed by atoms with Crippen molar-refractivity contribution in [2.24, 2.45) is 7.05 Å². The summed E-state index contributed by atoms with van der Waals surface area (Å²) < 4.78 is 6.42. The van der Waals surface area contributed by atoms with E-state index in [9.17, 15) is 0 Å². The molecule has 0 unspecified atom stereocenters. The lowest BCUT2D eigenvalue weighted by molar-refractivity contribution is 0.409. The van der Waals surface area contributed by atoms with Crippen molar-refractivity contribution in [1.29, 1.82) is 0 Å². The second kappa shape index (κ2) is 4.70. The average molecular weight is 207 g/mol. The third-order valence-electron chi connectivity index (χ3n) is 2.01. The summed E-state index contributed by atoms with van der Waals surface area (Å²) in [6, 6.07) is 1.99. The quantitative estimate of drug-likeness (QED) is 0.706. The van der Waals surface area contributed by atoms with E-state index in [2.05, 4.69) is 25.1 Å². The molecular weight excluding hydrogens is 194 g/mol. The van der Waals surface area contributed by atoms with Crippen LogP contribution in [0.15, 0.2) is 23.2 Å².